The second-order valence-corrected chi connectivity index (χ2v) is 5.47. The lowest BCUT2D eigenvalue weighted by molar-refractivity contribution is 0.152. The van der Waals surface area contributed by atoms with Crippen LogP contribution in [0.5, 0.6) is 0 Å². The third-order valence-corrected chi connectivity index (χ3v) is 3.97. The maximum Gasteiger partial charge on any atom is 0.242 e. The first kappa shape index (κ1) is 16.0. The summed E-state index contributed by atoms with van der Waals surface area (Å²) in [6, 6.07) is 2.10. The van der Waals surface area contributed by atoms with Crippen LogP contribution in [0.2, 0.25) is 0 Å². The first-order chi connectivity index (χ1) is 9.97. The lowest BCUT2D eigenvalue weighted by Gasteiger charge is -2.27. The molecule has 0 saturated heterocycles. The molecule has 1 aromatic rings. The first-order valence-electron chi connectivity index (χ1n) is 7.06. The van der Waals surface area contributed by atoms with E-state index in [0.717, 1.165) is 25.0 Å². The highest BCUT2D eigenvalue weighted by Gasteiger charge is 2.23. The van der Waals surface area contributed by atoms with E-state index in [-0.39, 0.29) is 18.3 Å². The zero-order chi connectivity index (χ0) is 15.4. The molecule has 116 valence electrons. The van der Waals surface area contributed by atoms with Crippen LogP contribution in [0.15, 0.2) is 24.3 Å². The van der Waals surface area contributed by atoms with Crippen LogP contribution < -0.4 is 0 Å². The summed E-state index contributed by atoms with van der Waals surface area (Å²) in [5, 5.41) is 0. The van der Waals surface area contributed by atoms with Crippen LogP contribution in [-0.4, -0.2) is 6.43 Å². The fourth-order valence-electron chi connectivity index (χ4n) is 2.83. The lowest BCUT2D eigenvalue weighted by Crippen LogP contribution is -2.12. The van der Waals surface area contributed by atoms with Gasteiger partial charge in [0.1, 0.15) is 0 Å². The number of rotatable bonds is 4. The average Bonchev–Trinajstić information content (AvgIpc) is 2.44. The van der Waals surface area contributed by atoms with Crippen LogP contribution >= 0.6 is 0 Å². The topological polar surface area (TPSA) is 0 Å². The summed E-state index contributed by atoms with van der Waals surface area (Å²) >= 11 is 0. The van der Waals surface area contributed by atoms with Crippen LogP contribution in [0.4, 0.5) is 22.0 Å². The Morgan fingerprint density at radius 1 is 1.00 bits per heavy atom. The molecule has 5 heteroatoms. The second kappa shape index (κ2) is 7.05. The van der Waals surface area contributed by atoms with E-state index in [9.17, 15) is 22.0 Å². The lowest BCUT2D eigenvalue weighted by atomic mass is 9.78. The van der Waals surface area contributed by atoms with E-state index in [2.05, 4.69) is 0 Å². The Balaban J connectivity index is 1.93. The van der Waals surface area contributed by atoms with Crippen molar-refractivity contribution in [2.45, 2.75) is 44.4 Å². The van der Waals surface area contributed by atoms with Crippen molar-refractivity contribution in [2.75, 3.05) is 0 Å². The van der Waals surface area contributed by atoms with Crippen LogP contribution in [0.3, 0.4) is 0 Å². The monoisotopic (exact) mass is 304 g/mol. The van der Waals surface area contributed by atoms with Crippen molar-refractivity contribution in [3.8, 4) is 0 Å². The normalized spacial score (nSPS) is 23.1. The van der Waals surface area contributed by atoms with Crippen LogP contribution in [0.25, 0.3) is 0 Å². The number of hydrogen-bond acceptors (Lipinski definition) is 0. The molecule has 0 unspecified atom stereocenters. The van der Waals surface area contributed by atoms with Gasteiger partial charge >= 0.3 is 0 Å². The molecule has 2 rings (SSSR count). The predicted molar refractivity (Wildman–Crippen MR) is 70.8 cm³/mol. The highest BCUT2D eigenvalue weighted by atomic mass is 19.3. The van der Waals surface area contributed by atoms with Gasteiger partial charge in [0.15, 0.2) is 17.5 Å². The molecule has 1 fully saturated rings. The first-order valence-corrected chi connectivity index (χ1v) is 7.06. The van der Waals surface area contributed by atoms with Crippen molar-refractivity contribution in [3.05, 3.63) is 47.3 Å². The van der Waals surface area contributed by atoms with Crippen molar-refractivity contribution in [3.63, 3.8) is 0 Å². The van der Waals surface area contributed by atoms with E-state index in [1.807, 2.05) is 0 Å². The summed E-state index contributed by atoms with van der Waals surface area (Å²) in [7, 11) is 0. The summed E-state index contributed by atoms with van der Waals surface area (Å²) in [5.74, 6) is -3.54. The van der Waals surface area contributed by atoms with E-state index in [4.69, 9.17) is 0 Å². The summed E-state index contributed by atoms with van der Waals surface area (Å²) < 4.78 is 63.4. The molecule has 0 radical (unpaired) electrons. The number of halogens is 5. The maximum atomic E-state index is 13.2. The van der Waals surface area contributed by atoms with Gasteiger partial charge in [-0.25, -0.2) is 22.0 Å². The molecular weight excluding hydrogens is 287 g/mol. The minimum absolute atomic E-state index is 0.00523. The van der Waals surface area contributed by atoms with Gasteiger partial charge in [-0.1, -0.05) is 12.2 Å². The Hall–Kier alpha value is -1.39. The molecule has 1 aromatic carbocycles. The summed E-state index contributed by atoms with van der Waals surface area (Å²) in [6.07, 6.45) is 3.72. The van der Waals surface area contributed by atoms with Gasteiger partial charge in [0.05, 0.1) is 0 Å². The van der Waals surface area contributed by atoms with E-state index in [0.29, 0.717) is 18.4 Å². The Labute approximate surface area is 120 Å². The van der Waals surface area contributed by atoms with Gasteiger partial charge in [-0.05, 0) is 55.2 Å². The van der Waals surface area contributed by atoms with Crippen LogP contribution in [-0.2, 0) is 0 Å². The average molecular weight is 304 g/mol. The molecule has 0 aromatic heterocycles. The molecule has 0 bridgehead atoms. The SMILES string of the molecule is Fc1cc([C@H]2CC[C@H](C=CCC(F)F)CC2)cc(F)c1F. The fourth-order valence-corrected chi connectivity index (χ4v) is 2.83. The van der Waals surface area contributed by atoms with Crippen molar-refractivity contribution < 1.29 is 22.0 Å². The molecule has 1 aliphatic carbocycles. The van der Waals surface area contributed by atoms with Gasteiger partial charge in [0, 0.05) is 6.42 Å². The Kier molecular flexibility index (Phi) is 5.37. The molecular formula is C16H17F5. The van der Waals surface area contributed by atoms with Crippen LogP contribution in [0.1, 0.15) is 43.6 Å². The number of benzene rings is 1. The molecule has 0 N–H and O–H groups in total. The molecule has 21 heavy (non-hydrogen) atoms. The van der Waals surface area contributed by atoms with Crippen molar-refractivity contribution in [1.82, 2.24) is 0 Å². The highest BCUT2D eigenvalue weighted by Crippen LogP contribution is 2.37. The summed E-state index contributed by atoms with van der Waals surface area (Å²) in [6.45, 7) is 0. The molecule has 0 nitrogen and oxygen atoms in total. The fraction of sp³-hybridized carbons (Fsp3) is 0.500. The molecule has 0 aliphatic heterocycles. The Bertz CT molecular complexity index is 478. The summed E-state index contributed by atoms with van der Waals surface area (Å²) in [4.78, 5) is 0. The second-order valence-electron chi connectivity index (χ2n) is 5.47. The van der Waals surface area contributed by atoms with Crippen molar-refractivity contribution >= 4 is 0 Å². The van der Waals surface area contributed by atoms with E-state index in [1.54, 1.807) is 6.08 Å². The van der Waals surface area contributed by atoms with Gasteiger partial charge < -0.3 is 0 Å². The van der Waals surface area contributed by atoms with E-state index in [1.165, 1.54) is 6.08 Å². The Morgan fingerprint density at radius 3 is 2.10 bits per heavy atom. The Morgan fingerprint density at radius 2 is 1.57 bits per heavy atom. The number of hydrogen-bond donors (Lipinski definition) is 0. The molecule has 0 spiro atoms. The smallest absolute Gasteiger partial charge is 0.210 e. The minimum atomic E-state index is -2.33. The van der Waals surface area contributed by atoms with Gasteiger partial charge in [-0.15, -0.1) is 0 Å². The molecule has 0 heterocycles. The zero-order valence-corrected chi connectivity index (χ0v) is 11.5. The number of allylic oxidation sites excluding steroid dienone is 2. The standard InChI is InChI=1S/C16H17F5/c17-13-8-12(9-14(18)16(13)21)11-6-4-10(5-7-11)2-1-3-15(19)20/h1-2,8-11,15H,3-7H2/t10-,11-. The van der Waals surface area contributed by atoms with Crippen LogP contribution in [0, 0.1) is 23.4 Å². The van der Waals surface area contributed by atoms with Gasteiger partial charge in [0.2, 0.25) is 6.43 Å². The van der Waals surface area contributed by atoms with E-state index >= 15 is 0 Å². The maximum absolute atomic E-state index is 13.2. The summed E-state index contributed by atoms with van der Waals surface area (Å²) in [5.41, 5.74) is 0.474. The quantitative estimate of drug-likeness (QED) is 0.386. The molecule has 1 aliphatic rings. The van der Waals surface area contributed by atoms with Gasteiger partial charge in [-0.3, -0.25) is 0 Å². The molecule has 0 amide bonds. The van der Waals surface area contributed by atoms with E-state index < -0.39 is 23.9 Å². The third kappa shape index (κ3) is 4.29. The van der Waals surface area contributed by atoms with Gasteiger partial charge in [-0.2, -0.15) is 0 Å². The minimum Gasteiger partial charge on any atom is -0.210 e. The van der Waals surface area contributed by atoms with Crippen molar-refractivity contribution in [1.29, 1.82) is 0 Å². The van der Waals surface area contributed by atoms with Gasteiger partial charge in [0.25, 0.3) is 0 Å². The zero-order valence-electron chi connectivity index (χ0n) is 11.5. The third-order valence-electron chi connectivity index (χ3n) is 3.97. The largest absolute Gasteiger partial charge is 0.242 e. The molecule has 0 atom stereocenters. The molecule has 1 saturated carbocycles. The predicted octanol–water partition coefficient (Wildman–Crippen LogP) is 5.59. The number of alkyl halides is 2. The van der Waals surface area contributed by atoms with Crippen molar-refractivity contribution in [2.24, 2.45) is 5.92 Å². The highest BCUT2D eigenvalue weighted by molar-refractivity contribution is 5.23.